The van der Waals surface area contributed by atoms with Crippen molar-refractivity contribution in [3.8, 4) is 11.8 Å². The molecule has 0 atom stereocenters. The van der Waals surface area contributed by atoms with E-state index in [0.717, 1.165) is 11.3 Å². The first kappa shape index (κ1) is 12.9. The Kier molecular flexibility index (Phi) is 3.99. The normalized spacial score (nSPS) is 9.74. The summed E-state index contributed by atoms with van der Waals surface area (Å²) in [7, 11) is 1.78. The number of hydrogen-bond donors (Lipinski definition) is 1. The van der Waals surface area contributed by atoms with Gasteiger partial charge in [-0.15, -0.1) is 0 Å². The first-order valence-corrected chi connectivity index (χ1v) is 5.82. The van der Waals surface area contributed by atoms with E-state index in [1.807, 2.05) is 6.07 Å². The highest BCUT2D eigenvalue weighted by atomic mass is 19.1. The Morgan fingerprint density at radius 2 is 2.11 bits per heavy atom. The quantitative estimate of drug-likeness (QED) is 0.912. The fourth-order valence-electron chi connectivity index (χ4n) is 1.69. The smallest absolute Gasteiger partial charge is 0.137 e. The summed E-state index contributed by atoms with van der Waals surface area (Å²) < 4.78 is 18.6. The van der Waals surface area contributed by atoms with Gasteiger partial charge in [0.05, 0.1) is 5.56 Å². The summed E-state index contributed by atoms with van der Waals surface area (Å²) in [6.45, 7) is 0.228. The number of nitrogens with zero attached hydrogens (tertiary/aromatic N) is 1. The van der Waals surface area contributed by atoms with Crippen molar-refractivity contribution in [1.82, 2.24) is 0 Å². The zero-order chi connectivity index (χ0) is 13.7. The summed E-state index contributed by atoms with van der Waals surface area (Å²) >= 11 is 0. The second-order valence-electron chi connectivity index (χ2n) is 3.99. The fraction of sp³-hybridized carbons (Fsp3) is 0.133. The summed E-state index contributed by atoms with van der Waals surface area (Å²) in [6.07, 6.45) is 0. The lowest BCUT2D eigenvalue weighted by atomic mass is 10.2. The van der Waals surface area contributed by atoms with Gasteiger partial charge in [0, 0.05) is 12.7 Å². The second-order valence-corrected chi connectivity index (χ2v) is 3.99. The largest absolute Gasteiger partial charge is 0.488 e. The molecule has 0 spiro atoms. The predicted octanol–water partition coefficient (Wildman–Crippen LogP) is 3.32. The molecule has 0 bridgehead atoms. The Morgan fingerprint density at radius 3 is 2.79 bits per heavy atom. The SMILES string of the molecule is CNc1ccc(OCc2cccc(F)c2)c(C#N)c1. The van der Waals surface area contributed by atoms with E-state index in [2.05, 4.69) is 11.4 Å². The van der Waals surface area contributed by atoms with E-state index in [4.69, 9.17) is 10.00 Å². The Morgan fingerprint density at radius 1 is 1.26 bits per heavy atom. The maximum atomic E-state index is 13.0. The van der Waals surface area contributed by atoms with Crippen molar-refractivity contribution in [2.75, 3.05) is 12.4 Å². The zero-order valence-corrected chi connectivity index (χ0v) is 10.5. The number of benzene rings is 2. The lowest BCUT2D eigenvalue weighted by molar-refractivity contribution is 0.304. The van der Waals surface area contributed by atoms with Crippen LogP contribution in [0.5, 0.6) is 5.75 Å². The van der Waals surface area contributed by atoms with Crippen LogP contribution < -0.4 is 10.1 Å². The molecular weight excluding hydrogens is 243 g/mol. The Balaban J connectivity index is 2.13. The minimum Gasteiger partial charge on any atom is -0.488 e. The van der Waals surface area contributed by atoms with E-state index in [9.17, 15) is 4.39 Å². The maximum absolute atomic E-state index is 13.0. The number of halogens is 1. The van der Waals surface area contributed by atoms with E-state index in [1.54, 1.807) is 31.3 Å². The van der Waals surface area contributed by atoms with Crippen LogP contribution in [0.1, 0.15) is 11.1 Å². The van der Waals surface area contributed by atoms with Crippen LogP contribution in [0.2, 0.25) is 0 Å². The van der Waals surface area contributed by atoms with Gasteiger partial charge in [0.1, 0.15) is 24.2 Å². The third-order valence-corrected chi connectivity index (χ3v) is 2.67. The maximum Gasteiger partial charge on any atom is 0.137 e. The van der Waals surface area contributed by atoms with Gasteiger partial charge in [-0.2, -0.15) is 5.26 Å². The summed E-state index contributed by atoms with van der Waals surface area (Å²) in [5.74, 6) is 0.192. The minimum absolute atomic E-state index is 0.228. The van der Waals surface area contributed by atoms with Gasteiger partial charge in [-0.3, -0.25) is 0 Å². The first-order chi connectivity index (χ1) is 9.22. The molecule has 2 aromatic carbocycles. The zero-order valence-electron chi connectivity index (χ0n) is 10.5. The molecule has 0 heterocycles. The van der Waals surface area contributed by atoms with Gasteiger partial charge in [-0.25, -0.2) is 4.39 Å². The predicted molar refractivity (Wildman–Crippen MR) is 71.4 cm³/mol. The van der Waals surface area contributed by atoms with Gasteiger partial charge >= 0.3 is 0 Å². The van der Waals surface area contributed by atoms with Crippen molar-refractivity contribution in [2.24, 2.45) is 0 Å². The summed E-state index contributed by atoms with van der Waals surface area (Å²) in [5, 5.41) is 12.0. The lowest BCUT2D eigenvalue weighted by Gasteiger charge is -2.09. The molecule has 0 aliphatic heterocycles. The number of nitriles is 1. The molecule has 19 heavy (non-hydrogen) atoms. The molecule has 0 aromatic heterocycles. The third kappa shape index (κ3) is 3.23. The lowest BCUT2D eigenvalue weighted by Crippen LogP contribution is -1.98. The van der Waals surface area contributed by atoms with Crippen LogP contribution in [-0.2, 0) is 6.61 Å². The van der Waals surface area contributed by atoms with Crippen LogP contribution in [0.4, 0.5) is 10.1 Å². The molecule has 0 saturated carbocycles. The van der Waals surface area contributed by atoms with E-state index in [1.165, 1.54) is 12.1 Å². The third-order valence-electron chi connectivity index (χ3n) is 2.67. The highest BCUT2D eigenvalue weighted by molar-refractivity contribution is 5.55. The number of hydrogen-bond acceptors (Lipinski definition) is 3. The van der Waals surface area contributed by atoms with Gasteiger partial charge in [-0.1, -0.05) is 12.1 Å². The minimum atomic E-state index is -0.299. The molecule has 2 aromatic rings. The fourth-order valence-corrected chi connectivity index (χ4v) is 1.69. The van der Waals surface area contributed by atoms with Crippen molar-refractivity contribution < 1.29 is 9.13 Å². The number of ether oxygens (including phenoxy) is 1. The number of nitrogens with one attached hydrogen (secondary N) is 1. The number of rotatable bonds is 4. The van der Waals surface area contributed by atoms with Gasteiger partial charge in [0.2, 0.25) is 0 Å². The van der Waals surface area contributed by atoms with Crippen LogP contribution in [0.25, 0.3) is 0 Å². The Labute approximate surface area is 111 Å². The van der Waals surface area contributed by atoms with E-state index in [0.29, 0.717) is 11.3 Å². The van der Waals surface area contributed by atoms with Crippen molar-refractivity contribution >= 4 is 5.69 Å². The van der Waals surface area contributed by atoms with Crippen molar-refractivity contribution in [1.29, 1.82) is 5.26 Å². The monoisotopic (exact) mass is 256 g/mol. The van der Waals surface area contributed by atoms with Gasteiger partial charge in [0.15, 0.2) is 0 Å². The molecule has 96 valence electrons. The van der Waals surface area contributed by atoms with Crippen LogP contribution in [0, 0.1) is 17.1 Å². The van der Waals surface area contributed by atoms with Crippen LogP contribution >= 0.6 is 0 Å². The van der Waals surface area contributed by atoms with Crippen LogP contribution in [0.15, 0.2) is 42.5 Å². The van der Waals surface area contributed by atoms with Gasteiger partial charge in [-0.05, 0) is 35.9 Å². The molecule has 0 aliphatic rings. The van der Waals surface area contributed by atoms with Crippen molar-refractivity contribution in [3.63, 3.8) is 0 Å². The molecule has 0 unspecified atom stereocenters. The Hall–Kier alpha value is -2.54. The molecule has 0 aliphatic carbocycles. The van der Waals surface area contributed by atoms with E-state index in [-0.39, 0.29) is 12.4 Å². The topological polar surface area (TPSA) is 45.0 Å². The first-order valence-electron chi connectivity index (χ1n) is 5.82. The van der Waals surface area contributed by atoms with E-state index >= 15 is 0 Å². The van der Waals surface area contributed by atoms with Crippen LogP contribution in [0.3, 0.4) is 0 Å². The molecule has 0 fully saturated rings. The molecule has 2 rings (SSSR count). The molecule has 0 radical (unpaired) electrons. The molecule has 0 saturated heterocycles. The Bertz CT molecular complexity index is 620. The molecular formula is C15H13FN2O. The van der Waals surface area contributed by atoms with Gasteiger partial charge < -0.3 is 10.1 Å². The van der Waals surface area contributed by atoms with Crippen molar-refractivity contribution in [3.05, 3.63) is 59.4 Å². The highest BCUT2D eigenvalue weighted by Crippen LogP contribution is 2.22. The molecule has 4 heteroatoms. The molecule has 0 amide bonds. The van der Waals surface area contributed by atoms with Crippen molar-refractivity contribution in [2.45, 2.75) is 6.61 Å². The second kappa shape index (κ2) is 5.87. The molecule has 3 nitrogen and oxygen atoms in total. The average molecular weight is 256 g/mol. The highest BCUT2D eigenvalue weighted by Gasteiger charge is 2.05. The average Bonchev–Trinajstić information content (AvgIpc) is 2.45. The standard InChI is InChI=1S/C15H13FN2O/c1-18-14-5-6-15(12(8-14)9-17)19-10-11-3-2-4-13(16)7-11/h2-8,18H,10H2,1H3. The van der Waals surface area contributed by atoms with E-state index < -0.39 is 0 Å². The summed E-state index contributed by atoms with van der Waals surface area (Å²) in [4.78, 5) is 0. The summed E-state index contributed by atoms with van der Waals surface area (Å²) in [6, 6.07) is 13.5. The number of anilines is 1. The van der Waals surface area contributed by atoms with Crippen LogP contribution in [-0.4, -0.2) is 7.05 Å². The van der Waals surface area contributed by atoms with Gasteiger partial charge in [0.25, 0.3) is 0 Å². The molecule has 1 N–H and O–H groups in total. The summed E-state index contributed by atoms with van der Waals surface area (Å²) in [5.41, 5.74) is 2.01.